The number of carbonyl (C=O) groups excluding carboxylic acids is 2. The first kappa shape index (κ1) is 22.3. The van der Waals surface area contributed by atoms with Gasteiger partial charge in [0.05, 0.1) is 16.0 Å². The van der Waals surface area contributed by atoms with Crippen LogP contribution in [0.4, 0.5) is 4.39 Å². The predicted octanol–water partition coefficient (Wildman–Crippen LogP) is 3.75. The van der Waals surface area contributed by atoms with E-state index in [-0.39, 0.29) is 51.2 Å². The number of sulfone groups is 1. The number of nitrogens with one attached hydrogen (secondary N) is 1. The summed E-state index contributed by atoms with van der Waals surface area (Å²) in [6.07, 6.45) is 4.38. The molecule has 1 aliphatic heterocycles. The summed E-state index contributed by atoms with van der Waals surface area (Å²) < 4.78 is 37.9. The van der Waals surface area contributed by atoms with Crippen molar-refractivity contribution in [3.05, 3.63) is 64.4 Å². The Labute approximate surface area is 197 Å². The third-order valence-corrected chi connectivity index (χ3v) is 8.26. The minimum Gasteiger partial charge on any atom is -0.347 e. The average Bonchev–Trinajstić information content (AvgIpc) is 3.71. The first-order chi connectivity index (χ1) is 15.6. The normalized spacial score (nSPS) is 24.8. The largest absolute Gasteiger partial charge is 0.347 e. The molecule has 3 fully saturated rings. The predicted molar refractivity (Wildman–Crippen MR) is 121 cm³/mol. The molecule has 4 atom stereocenters. The van der Waals surface area contributed by atoms with Crippen molar-refractivity contribution >= 4 is 33.3 Å². The fourth-order valence-corrected chi connectivity index (χ4v) is 5.63. The molecule has 0 aromatic heterocycles. The van der Waals surface area contributed by atoms with Gasteiger partial charge in [-0.25, -0.2) is 12.8 Å². The Morgan fingerprint density at radius 1 is 1.15 bits per heavy atom. The van der Waals surface area contributed by atoms with Crippen molar-refractivity contribution in [3.63, 3.8) is 0 Å². The van der Waals surface area contributed by atoms with Gasteiger partial charge in [0.25, 0.3) is 5.91 Å². The topological polar surface area (TPSA) is 83.6 Å². The zero-order valence-electron chi connectivity index (χ0n) is 18.0. The van der Waals surface area contributed by atoms with Crippen molar-refractivity contribution < 1.29 is 22.4 Å². The number of benzene rings is 2. The van der Waals surface area contributed by atoms with Crippen molar-refractivity contribution in [2.75, 3.05) is 6.26 Å². The van der Waals surface area contributed by atoms with Crippen LogP contribution >= 0.6 is 11.6 Å². The third kappa shape index (κ3) is 4.38. The van der Waals surface area contributed by atoms with Crippen LogP contribution in [0, 0.1) is 17.7 Å². The summed E-state index contributed by atoms with van der Waals surface area (Å²) in [7, 11) is -3.46. The van der Waals surface area contributed by atoms with Crippen molar-refractivity contribution in [2.24, 2.45) is 11.8 Å². The lowest BCUT2D eigenvalue weighted by atomic mass is 10.0. The molecule has 174 valence electrons. The monoisotopic (exact) mass is 490 g/mol. The molecule has 6 nitrogen and oxygen atoms in total. The molecule has 0 spiro atoms. The van der Waals surface area contributed by atoms with Gasteiger partial charge in [0.15, 0.2) is 9.84 Å². The lowest BCUT2D eigenvalue weighted by molar-refractivity contribution is -0.126. The van der Waals surface area contributed by atoms with Crippen molar-refractivity contribution in [1.29, 1.82) is 0 Å². The van der Waals surface area contributed by atoms with Crippen LogP contribution in [0.3, 0.4) is 0 Å². The Morgan fingerprint density at radius 2 is 1.91 bits per heavy atom. The van der Waals surface area contributed by atoms with Crippen LogP contribution in [0.25, 0.3) is 0 Å². The number of nitrogens with zero attached hydrogens (tertiary/aromatic N) is 1. The smallest absolute Gasteiger partial charge is 0.254 e. The van der Waals surface area contributed by atoms with E-state index in [1.807, 2.05) is 0 Å². The molecule has 0 unspecified atom stereocenters. The number of hydrogen-bond donors (Lipinski definition) is 1. The summed E-state index contributed by atoms with van der Waals surface area (Å²) in [5.74, 6) is -0.636. The Hall–Kier alpha value is -2.45. The summed E-state index contributed by atoms with van der Waals surface area (Å²) in [6.45, 7) is 0. The molecule has 0 radical (unpaired) electrons. The summed E-state index contributed by atoms with van der Waals surface area (Å²) in [5.41, 5.74) is 0.913. The van der Waals surface area contributed by atoms with E-state index < -0.39 is 21.7 Å². The number of piperidine rings is 1. The lowest BCUT2D eigenvalue weighted by Crippen LogP contribution is -2.49. The molecule has 1 saturated heterocycles. The number of amides is 2. The Bertz CT molecular complexity index is 1250. The maximum Gasteiger partial charge on any atom is 0.254 e. The van der Waals surface area contributed by atoms with Crippen LogP contribution in [0.5, 0.6) is 0 Å². The third-order valence-electron chi connectivity index (χ3n) is 6.84. The number of halogens is 2. The second-order valence-electron chi connectivity index (χ2n) is 9.32. The number of fused-ring (bicyclic) bond motifs is 1. The van der Waals surface area contributed by atoms with Gasteiger partial charge in [0, 0.05) is 17.9 Å². The Balaban J connectivity index is 1.38. The molecule has 5 rings (SSSR count). The van der Waals surface area contributed by atoms with Crippen molar-refractivity contribution in [3.8, 4) is 0 Å². The minimum absolute atomic E-state index is 0.0116. The molecule has 3 aliphatic rings. The molecule has 2 aliphatic carbocycles. The quantitative estimate of drug-likeness (QED) is 0.668. The Kier molecular flexibility index (Phi) is 5.48. The van der Waals surface area contributed by atoms with Gasteiger partial charge < -0.3 is 10.2 Å². The highest BCUT2D eigenvalue weighted by Crippen LogP contribution is 2.49. The van der Waals surface area contributed by atoms with Crippen LogP contribution in [0.1, 0.15) is 47.6 Å². The fourth-order valence-electron chi connectivity index (χ4n) is 4.85. The van der Waals surface area contributed by atoms with Gasteiger partial charge >= 0.3 is 0 Å². The molecule has 0 bridgehead atoms. The molecule has 2 aromatic carbocycles. The molecule has 33 heavy (non-hydrogen) atoms. The maximum absolute atomic E-state index is 14.1. The van der Waals surface area contributed by atoms with Crippen molar-refractivity contribution in [2.45, 2.75) is 48.7 Å². The zero-order valence-corrected chi connectivity index (χ0v) is 19.6. The van der Waals surface area contributed by atoms with Crippen LogP contribution in [-0.2, 0) is 14.6 Å². The number of carbonyl (C=O) groups is 2. The highest BCUT2D eigenvalue weighted by Gasteiger charge is 2.56. The molecule has 2 amide bonds. The van der Waals surface area contributed by atoms with E-state index in [1.54, 1.807) is 17.0 Å². The Morgan fingerprint density at radius 3 is 2.58 bits per heavy atom. The van der Waals surface area contributed by atoms with E-state index in [2.05, 4.69) is 5.32 Å². The molecule has 1 N–H and O–H groups in total. The summed E-state index contributed by atoms with van der Waals surface area (Å²) in [6, 6.07) is 9.51. The van der Waals surface area contributed by atoms with Gasteiger partial charge in [-0.3, -0.25) is 9.59 Å². The number of rotatable bonds is 6. The van der Waals surface area contributed by atoms with Gasteiger partial charge in [0.2, 0.25) is 5.91 Å². The van der Waals surface area contributed by atoms with Gasteiger partial charge in [-0.15, -0.1) is 0 Å². The second kappa shape index (κ2) is 8.09. The molecule has 9 heteroatoms. The van der Waals surface area contributed by atoms with E-state index in [0.29, 0.717) is 12.0 Å². The van der Waals surface area contributed by atoms with Gasteiger partial charge in [-0.2, -0.15) is 0 Å². The zero-order chi connectivity index (χ0) is 23.5. The van der Waals surface area contributed by atoms with Crippen LogP contribution in [-0.4, -0.2) is 43.5 Å². The molecule has 1 heterocycles. The summed E-state index contributed by atoms with van der Waals surface area (Å²) >= 11 is 5.82. The van der Waals surface area contributed by atoms with E-state index in [9.17, 15) is 22.4 Å². The second-order valence-corrected chi connectivity index (χ2v) is 11.7. The molecular formula is C24H24ClFN2O4S. The molecule has 2 saturated carbocycles. The first-order valence-corrected chi connectivity index (χ1v) is 13.3. The van der Waals surface area contributed by atoms with Gasteiger partial charge in [0.1, 0.15) is 11.9 Å². The lowest BCUT2D eigenvalue weighted by Gasteiger charge is -2.29. The van der Waals surface area contributed by atoms with Crippen LogP contribution < -0.4 is 5.32 Å². The standard InChI is InChI=1S/C24H24ClFN2O4S/c1-33(31,32)17-4-2-3-15(9-17)24(30)28-20-11-16(20)12-21(28)23(29)27-22(13-5-6-13)14-7-8-18(25)19(26)10-14/h2-4,7-10,13,16,20-22H,5-6,11-12H2,1H3,(H,27,29)/t16-,20-,21-,22-/m1/s1. The average molecular weight is 491 g/mol. The summed E-state index contributed by atoms with van der Waals surface area (Å²) in [4.78, 5) is 28.4. The SMILES string of the molecule is CS(=O)(=O)c1cccc(C(=O)N2[C@@H](C(=O)N[C@@H](c3ccc(Cl)c(F)c3)C3CC3)C[C@H]3C[C@H]32)c1. The molecular weight excluding hydrogens is 467 g/mol. The highest BCUT2D eigenvalue weighted by molar-refractivity contribution is 7.90. The number of hydrogen-bond acceptors (Lipinski definition) is 4. The summed E-state index contributed by atoms with van der Waals surface area (Å²) in [5, 5.41) is 3.09. The van der Waals surface area contributed by atoms with E-state index >= 15 is 0 Å². The van der Waals surface area contributed by atoms with Crippen LogP contribution in [0.15, 0.2) is 47.4 Å². The first-order valence-electron chi connectivity index (χ1n) is 11.0. The molecule has 2 aromatic rings. The van der Waals surface area contributed by atoms with Crippen molar-refractivity contribution in [1.82, 2.24) is 10.2 Å². The number of likely N-dealkylation sites (tertiary alicyclic amines) is 1. The van der Waals surface area contributed by atoms with Gasteiger partial charge in [-0.1, -0.05) is 23.7 Å². The maximum atomic E-state index is 14.1. The van der Waals surface area contributed by atoms with Gasteiger partial charge in [-0.05, 0) is 73.4 Å². The van der Waals surface area contributed by atoms with E-state index in [0.717, 1.165) is 25.5 Å². The van der Waals surface area contributed by atoms with E-state index in [1.165, 1.54) is 30.3 Å². The highest BCUT2D eigenvalue weighted by atomic mass is 35.5. The van der Waals surface area contributed by atoms with Crippen LogP contribution in [0.2, 0.25) is 5.02 Å². The van der Waals surface area contributed by atoms with E-state index in [4.69, 9.17) is 11.6 Å². The minimum atomic E-state index is -3.46. The fraction of sp³-hybridized carbons (Fsp3) is 0.417.